The number of carbonyl (C=O) groups is 1. The molecule has 88 valence electrons. The van der Waals surface area contributed by atoms with Crippen molar-refractivity contribution in [3.63, 3.8) is 0 Å². The average molecular weight is 233 g/mol. The fourth-order valence-electron chi connectivity index (χ4n) is 1.80. The van der Waals surface area contributed by atoms with Gasteiger partial charge in [-0.25, -0.2) is 14.8 Å². The van der Waals surface area contributed by atoms with Gasteiger partial charge in [-0.2, -0.15) is 0 Å². The van der Waals surface area contributed by atoms with E-state index in [-0.39, 0.29) is 11.6 Å². The highest BCUT2D eigenvalue weighted by Crippen LogP contribution is 2.39. The number of nitrogens with zero attached hydrogens (tertiary/aromatic N) is 3. The van der Waals surface area contributed by atoms with Crippen molar-refractivity contribution in [2.45, 2.75) is 18.8 Å². The second-order valence-electron chi connectivity index (χ2n) is 4.11. The van der Waals surface area contributed by atoms with Crippen molar-refractivity contribution in [2.75, 3.05) is 7.11 Å². The maximum atomic E-state index is 10.9. The molecule has 0 aliphatic heterocycles. The van der Waals surface area contributed by atoms with Gasteiger partial charge < -0.3 is 9.84 Å². The van der Waals surface area contributed by atoms with Crippen LogP contribution in [0.5, 0.6) is 5.88 Å². The van der Waals surface area contributed by atoms with Crippen LogP contribution in [0, 0.1) is 0 Å². The fourth-order valence-corrected chi connectivity index (χ4v) is 1.80. The summed E-state index contributed by atoms with van der Waals surface area (Å²) >= 11 is 0. The molecule has 3 rings (SSSR count). The van der Waals surface area contributed by atoms with Gasteiger partial charge in [-0.05, 0) is 12.8 Å². The highest BCUT2D eigenvalue weighted by molar-refractivity contribution is 5.85. The molecule has 1 aliphatic carbocycles. The van der Waals surface area contributed by atoms with Crippen molar-refractivity contribution in [2.24, 2.45) is 0 Å². The summed E-state index contributed by atoms with van der Waals surface area (Å²) in [5.41, 5.74) is 1.50. The Labute approximate surface area is 96.9 Å². The van der Waals surface area contributed by atoms with Gasteiger partial charge in [0.05, 0.1) is 12.8 Å². The number of aromatic nitrogens is 3. The molecular weight excluding hydrogens is 222 g/mol. The summed E-state index contributed by atoms with van der Waals surface area (Å²) in [6, 6.07) is 0. The average Bonchev–Trinajstić information content (AvgIpc) is 3.07. The quantitative estimate of drug-likeness (QED) is 0.864. The van der Waals surface area contributed by atoms with Crippen LogP contribution >= 0.6 is 0 Å². The number of imidazole rings is 1. The highest BCUT2D eigenvalue weighted by Gasteiger charge is 2.27. The molecule has 0 unspecified atom stereocenters. The maximum absolute atomic E-state index is 10.9. The van der Waals surface area contributed by atoms with Crippen LogP contribution in [0.3, 0.4) is 0 Å². The number of aromatic carboxylic acids is 1. The van der Waals surface area contributed by atoms with Crippen LogP contribution in [-0.4, -0.2) is 32.6 Å². The lowest BCUT2D eigenvalue weighted by atomic mass is 10.3. The zero-order valence-corrected chi connectivity index (χ0v) is 9.25. The van der Waals surface area contributed by atoms with Crippen LogP contribution in [0.15, 0.2) is 12.4 Å². The lowest BCUT2D eigenvalue weighted by molar-refractivity contribution is 0.0689. The molecule has 2 aromatic heterocycles. The zero-order valence-electron chi connectivity index (χ0n) is 9.25. The third-order valence-electron chi connectivity index (χ3n) is 2.83. The van der Waals surface area contributed by atoms with Gasteiger partial charge in [0, 0.05) is 18.3 Å². The van der Waals surface area contributed by atoms with Crippen molar-refractivity contribution < 1.29 is 14.6 Å². The van der Waals surface area contributed by atoms with E-state index in [4.69, 9.17) is 9.84 Å². The predicted molar refractivity (Wildman–Crippen MR) is 58.5 cm³/mol. The molecule has 1 saturated carbocycles. The number of methoxy groups -OCH3 is 1. The Balaban J connectivity index is 2.21. The first-order chi connectivity index (χ1) is 8.19. The van der Waals surface area contributed by atoms with E-state index in [1.165, 1.54) is 13.3 Å². The van der Waals surface area contributed by atoms with Crippen LogP contribution < -0.4 is 4.74 Å². The molecule has 17 heavy (non-hydrogen) atoms. The molecule has 0 bridgehead atoms. The van der Waals surface area contributed by atoms with E-state index in [0.717, 1.165) is 18.5 Å². The van der Waals surface area contributed by atoms with Crippen molar-refractivity contribution in [3.05, 3.63) is 23.8 Å². The molecule has 2 heterocycles. The molecule has 6 heteroatoms. The van der Waals surface area contributed by atoms with E-state index < -0.39 is 5.97 Å². The monoisotopic (exact) mass is 233 g/mol. The molecular formula is C11H11N3O3. The third kappa shape index (κ3) is 1.61. The smallest absolute Gasteiger partial charge is 0.356 e. The number of fused-ring (bicyclic) bond motifs is 1. The second kappa shape index (κ2) is 3.44. The highest BCUT2D eigenvalue weighted by atomic mass is 16.5. The Morgan fingerprint density at radius 3 is 2.82 bits per heavy atom. The Hall–Kier alpha value is -2.11. The lowest BCUT2D eigenvalue weighted by Gasteiger charge is -2.02. The van der Waals surface area contributed by atoms with Gasteiger partial charge in [0.1, 0.15) is 0 Å². The molecule has 1 fully saturated rings. The SMILES string of the molecule is COc1nc(C(=O)O)cn2cc(C3CC3)nc12. The van der Waals surface area contributed by atoms with Crippen molar-refractivity contribution >= 4 is 11.6 Å². The molecule has 0 aromatic carbocycles. The number of rotatable bonds is 3. The lowest BCUT2D eigenvalue weighted by Crippen LogP contribution is -2.05. The summed E-state index contributed by atoms with van der Waals surface area (Å²) in [6.45, 7) is 0. The molecule has 1 aliphatic rings. The van der Waals surface area contributed by atoms with Crippen LogP contribution in [0.2, 0.25) is 0 Å². The van der Waals surface area contributed by atoms with Gasteiger partial charge >= 0.3 is 5.97 Å². The van der Waals surface area contributed by atoms with E-state index in [1.807, 2.05) is 6.20 Å². The minimum atomic E-state index is -1.08. The Kier molecular flexibility index (Phi) is 2.04. The first-order valence-electron chi connectivity index (χ1n) is 5.36. The Morgan fingerprint density at radius 2 is 2.24 bits per heavy atom. The largest absolute Gasteiger partial charge is 0.478 e. The van der Waals surface area contributed by atoms with E-state index in [1.54, 1.807) is 4.40 Å². The van der Waals surface area contributed by atoms with Gasteiger partial charge in [-0.1, -0.05) is 0 Å². The van der Waals surface area contributed by atoms with Gasteiger partial charge in [0.2, 0.25) is 5.65 Å². The van der Waals surface area contributed by atoms with Crippen molar-refractivity contribution in [3.8, 4) is 5.88 Å². The molecule has 0 saturated heterocycles. The van der Waals surface area contributed by atoms with E-state index >= 15 is 0 Å². The molecule has 0 atom stereocenters. The van der Waals surface area contributed by atoms with Gasteiger partial charge in [-0.15, -0.1) is 0 Å². The molecule has 6 nitrogen and oxygen atoms in total. The van der Waals surface area contributed by atoms with Crippen molar-refractivity contribution in [1.82, 2.24) is 14.4 Å². The normalized spacial score (nSPS) is 15.1. The molecule has 0 spiro atoms. The molecule has 0 amide bonds. The van der Waals surface area contributed by atoms with Crippen LogP contribution in [0.25, 0.3) is 5.65 Å². The van der Waals surface area contributed by atoms with Gasteiger partial charge in [0.25, 0.3) is 5.88 Å². The summed E-state index contributed by atoms with van der Waals surface area (Å²) in [5.74, 6) is -0.323. The minimum absolute atomic E-state index is 0.0471. The number of ether oxygens (including phenoxy) is 1. The predicted octanol–water partition coefficient (Wildman–Crippen LogP) is 1.31. The summed E-state index contributed by atoms with van der Waals surface area (Å²) in [6.07, 6.45) is 5.60. The standard InChI is InChI=1S/C11H11N3O3/c1-17-10-9-12-7(6-2-3-6)4-14(9)5-8(13-10)11(15)16/h4-6H,2-3H2,1H3,(H,15,16). The molecule has 2 aromatic rings. The van der Waals surface area contributed by atoms with Gasteiger partial charge in [0.15, 0.2) is 5.69 Å². The van der Waals surface area contributed by atoms with Crippen LogP contribution in [-0.2, 0) is 0 Å². The topological polar surface area (TPSA) is 76.7 Å². The third-order valence-corrected chi connectivity index (χ3v) is 2.83. The van der Waals surface area contributed by atoms with Crippen molar-refractivity contribution in [1.29, 1.82) is 0 Å². The minimum Gasteiger partial charge on any atom is -0.478 e. The zero-order chi connectivity index (χ0) is 12.0. The first kappa shape index (κ1) is 10.1. The maximum Gasteiger partial charge on any atom is 0.356 e. The summed E-state index contributed by atoms with van der Waals surface area (Å²) in [5, 5.41) is 8.94. The number of hydrogen-bond donors (Lipinski definition) is 1. The number of carboxylic acid groups (broad SMARTS) is 1. The number of carboxylic acids is 1. The number of hydrogen-bond acceptors (Lipinski definition) is 4. The van der Waals surface area contributed by atoms with E-state index in [9.17, 15) is 4.79 Å². The summed E-state index contributed by atoms with van der Waals surface area (Å²) in [4.78, 5) is 19.2. The van der Waals surface area contributed by atoms with Crippen LogP contribution in [0.1, 0.15) is 34.9 Å². The molecule has 1 N–H and O–H groups in total. The van der Waals surface area contributed by atoms with E-state index in [0.29, 0.717) is 11.6 Å². The Bertz CT molecular complexity index is 601. The van der Waals surface area contributed by atoms with E-state index in [2.05, 4.69) is 9.97 Å². The van der Waals surface area contributed by atoms with Crippen LogP contribution in [0.4, 0.5) is 0 Å². The molecule has 0 radical (unpaired) electrons. The summed E-state index contributed by atoms with van der Waals surface area (Å²) < 4.78 is 6.74. The second-order valence-corrected chi connectivity index (χ2v) is 4.11. The fraction of sp³-hybridized carbons (Fsp3) is 0.364. The van der Waals surface area contributed by atoms with Gasteiger partial charge in [-0.3, -0.25) is 4.40 Å². The first-order valence-corrected chi connectivity index (χ1v) is 5.36. The summed E-state index contributed by atoms with van der Waals surface area (Å²) in [7, 11) is 1.46. The Morgan fingerprint density at radius 1 is 1.47 bits per heavy atom.